The predicted molar refractivity (Wildman–Crippen MR) is 98.9 cm³/mol. The number of benzene rings is 1. The zero-order valence-electron chi connectivity index (χ0n) is 15.9. The fourth-order valence-electron chi connectivity index (χ4n) is 3.39. The van der Waals surface area contributed by atoms with E-state index in [-0.39, 0.29) is 11.9 Å². The molecule has 0 N–H and O–H groups in total. The lowest BCUT2D eigenvalue weighted by molar-refractivity contribution is -0.137. The third kappa shape index (κ3) is 2.97. The van der Waals surface area contributed by atoms with Crippen molar-refractivity contribution < 1.29 is 9.53 Å². The van der Waals surface area contributed by atoms with E-state index in [2.05, 4.69) is 15.3 Å². The summed E-state index contributed by atoms with van der Waals surface area (Å²) in [5.41, 5.74) is 2.81. The molecule has 0 spiro atoms. The highest BCUT2D eigenvalue weighted by molar-refractivity contribution is 5.82. The molecule has 1 amide bonds. The van der Waals surface area contributed by atoms with Crippen LogP contribution in [0.15, 0.2) is 30.3 Å². The van der Waals surface area contributed by atoms with Crippen molar-refractivity contribution in [2.75, 3.05) is 7.11 Å². The van der Waals surface area contributed by atoms with Crippen LogP contribution in [0.2, 0.25) is 0 Å². The molecule has 1 aliphatic heterocycles. The van der Waals surface area contributed by atoms with Gasteiger partial charge in [-0.05, 0) is 37.6 Å². The highest BCUT2D eigenvalue weighted by atomic mass is 16.5. The second kappa shape index (κ2) is 6.53. The van der Waals surface area contributed by atoms with Crippen molar-refractivity contribution in [2.24, 2.45) is 7.05 Å². The topological polar surface area (TPSA) is 78.1 Å². The predicted octanol–water partition coefficient (Wildman–Crippen LogP) is 2.10. The molecule has 1 aliphatic rings. The van der Waals surface area contributed by atoms with Crippen molar-refractivity contribution >= 4 is 5.91 Å². The van der Waals surface area contributed by atoms with E-state index in [1.54, 1.807) is 11.8 Å². The lowest BCUT2D eigenvalue weighted by Crippen LogP contribution is -2.41. The van der Waals surface area contributed by atoms with Gasteiger partial charge in [0.25, 0.3) is 0 Å². The van der Waals surface area contributed by atoms with E-state index in [0.29, 0.717) is 18.9 Å². The molecular weight excluding hydrogens is 344 g/mol. The van der Waals surface area contributed by atoms with Crippen LogP contribution in [-0.2, 0) is 24.9 Å². The van der Waals surface area contributed by atoms with Gasteiger partial charge in [0.05, 0.1) is 13.7 Å². The Morgan fingerprint density at radius 2 is 1.96 bits per heavy atom. The Morgan fingerprint density at radius 3 is 2.59 bits per heavy atom. The first-order chi connectivity index (χ1) is 13.0. The molecule has 3 aromatic rings. The summed E-state index contributed by atoms with van der Waals surface area (Å²) >= 11 is 0. The fraction of sp³-hybridized carbons (Fsp3) is 0.368. The molecule has 140 valence electrons. The van der Waals surface area contributed by atoms with Gasteiger partial charge in [-0.2, -0.15) is 5.10 Å². The van der Waals surface area contributed by atoms with Gasteiger partial charge in [-0.25, -0.2) is 0 Å². The van der Waals surface area contributed by atoms with Gasteiger partial charge in [0.15, 0.2) is 11.6 Å². The Bertz CT molecular complexity index is 969. The van der Waals surface area contributed by atoms with E-state index in [0.717, 1.165) is 28.5 Å². The molecule has 0 fully saturated rings. The van der Waals surface area contributed by atoms with Crippen LogP contribution >= 0.6 is 0 Å². The van der Waals surface area contributed by atoms with Crippen molar-refractivity contribution in [1.82, 2.24) is 29.4 Å². The second-order valence-electron chi connectivity index (χ2n) is 6.82. The van der Waals surface area contributed by atoms with Gasteiger partial charge in [0.1, 0.15) is 17.5 Å². The highest BCUT2D eigenvalue weighted by Crippen LogP contribution is 2.29. The Labute approximate surface area is 157 Å². The number of amides is 1. The molecule has 0 unspecified atom stereocenters. The molecular formula is C19H22N6O2. The summed E-state index contributed by atoms with van der Waals surface area (Å²) in [6, 6.07) is 9.32. The Morgan fingerprint density at radius 1 is 1.22 bits per heavy atom. The molecule has 27 heavy (non-hydrogen) atoms. The molecule has 8 nitrogen and oxygen atoms in total. The number of aryl methyl sites for hydroxylation is 2. The van der Waals surface area contributed by atoms with E-state index in [9.17, 15) is 4.79 Å². The lowest BCUT2D eigenvalue weighted by Gasteiger charge is -2.32. The Kier molecular flexibility index (Phi) is 4.18. The molecule has 1 aromatic carbocycles. The maximum Gasteiger partial charge on any atom is 0.246 e. The lowest BCUT2D eigenvalue weighted by atomic mass is 10.1. The Hall–Kier alpha value is -3.16. The minimum Gasteiger partial charge on any atom is -0.497 e. The van der Waals surface area contributed by atoms with E-state index in [1.165, 1.54) is 0 Å². The van der Waals surface area contributed by atoms with Crippen molar-refractivity contribution in [3.05, 3.63) is 47.4 Å². The summed E-state index contributed by atoms with van der Waals surface area (Å²) in [7, 11) is 3.52. The van der Waals surface area contributed by atoms with Gasteiger partial charge in [0.2, 0.25) is 5.91 Å². The van der Waals surface area contributed by atoms with Gasteiger partial charge in [0, 0.05) is 19.3 Å². The average Bonchev–Trinajstić information content (AvgIpc) is 3.23. The van der Waals surface area contributed by atoms with Crippen LogP contribution in [0.4, 0.5) is 0 Å². The number of fused-ring (bicyclic) bond motifs is 1. The van der Waals surface area contributed by atoms with Crippen LogP contribution in [-0.4, -0.2) is 42.5 Å². The maximum atomic E-state index is 13.0. The van der Waals surface area contributed by atoms with Crippen LogP contribution in [0, 0.1) is 6.92 Å². The fourth-order valence-corrected chi connectivity index (χ4v) is 3.39. The van der Waals surface area contributed by atoms with Crippen LogP contribution in [0.5, 0.6) is 5.75 Å². The van der Waals surface area contributed by atoms with Gasteiger partial charge >= 0.3 is 0 Å². The molecule has 3 heterocycles. The van der Waals surface area contributed by atoms with E-state index < -0.39 is 0 Å². The largest absolute Gasteiger partial charge is 0.497 e. The second-order valence-corrected chi connectivity index (χ2v) is 6.82. The van der Waals surface area contributed by atoms with Crippen molar-refractivity contribution in [1.29, 1.82) is 0 Å². The Balaban J connectivity index is 1.62. The van der Waals surface area contributed by atoms with E-state index >= 15 is 0 Å². The third-order valence-electron chi connectivity index (χ3n) is 5.03. The van der Waals surface area contributed by atoms with Gasteiger partial charge < -0.3 is 9.64 Å². The number of ether oxygens (including phenoxy) is 1. The molecule has 0 aliphatic carbocycles. The molecule has 4 rings (SSSR count). The normalized spacial score (nSPS) is 16.5. The highest BCUT2D eigenvalue weighted by Gasteiger charge is 2.34. The number of carbonyl (C=O) groups is 1. The number of aromatic nitrogens is 5. The molecule has 0 saturated carbocycles. The van der Waals surface area contributed by atoms with Crippen molar-refractivity contribution in [2.45, 2.75) is 33.0 Å². The molecule has 0 bridgehead atoms. The summed E-state index contributed by atoms with van der Waals surface area (Å²) in [5.74, 6) is 2.26. The number of carbonyl (C=O) groups excluding carboxylic acids is 1. The summed E-state index contributed by atoms with van der Waals surface area (Å²) < 4.78 is 8.88. The minimum absolute atomic E-state index is 0.0482. The molecule has 1 atom stereocenters. The first-order valence-corrected chi connectivity index (χ1v) is 8.84. The molecule has 2 aromatic heterocycles. The molecule has 0 radical (unpaired) electrons. The zero-order valence-corrected chi connectivity index (χ0v) is 15.9. The molecule has 8 heteroatoms. The van der Waals surface area contributed by atoms with E-state index in [1.807, 2.05) is 60.7 Å². The summed E-state index contributed by atoms with van der Waals surface area (Å²) in [4.78, 5) is 14.8. The number of methoxy groups -OCH3 is 1. The van der Waals surface area contributed by atoms with Gasteiger partial charge in [-0.3, -0.25) is 14.0 Å². The SMILES string of the molecule is COc1ccc(CN2Cc3nnc(-c4cc(C)n(C)n4)n3[C@@H](C)C2=O)cc1. The van der Waals surface area contributed by atoms with Crippen molar-refractivity contribution in [3.8, 4) is 17.3 Å². The first kappa shape index (κ1) is 17.3. The number of nitrogens with zero attached hydrogens (tertiary/aromatic N) is 6. The standard InChI is InChI=1S/C19H22N6O2/c1-12-9-16(22-23(12)3)18-21-20-17-11-24(19(26)13(2)25(17)18)10-14-5-7-15(27-4)8-6-14/h5-9,13H,10-11H2,1-4H3/t13-/m0/s1. The number of hydrogen-bond acceptors (Lipinski definition) is 5. The number of hydrogen-bond donors (Lipinski definition) is 0. The van der Waals surface area contributed by atoms with Gasteiger partial charge in [-0.1, -0.05) is 12.1 Å². The summed E-state index contributed by atoms with van der Waals surface area (Å²) in [6.45, 7) is 4.82. The average molecular weight is 366 g/mol. The quantitative estimate of drug-likeness (QED) is 0.707. The van der Waals surface area contributed by atoms with Crippen molar-refractivity contribution in [3.63, 3.8) is 0 Å². The van der Waals surface area contributed by atoms with Crippen LogP contribution in [0.25, 0.3) is 11.5 Å². The number of rotatable bonds is 4. The maximum absolute atomic E-state index is 13.0. The summed E-state index contributed by atoms with van der Waals surface area (Å²) in [6.07, 6.45) is 0. The zero-order chi connectivity index (χ0) is 19.1. The van der Waals surface area contributed by atoms with E-state index in [4.69, 9.17) is 4.74 Å². The summed E-state index contributed by atoms with van der Waals surface area (Å²) in [5, 5.41) is 13.1. The monoisotopic (exact) mass is 366 g/mol. The minimum atomic E-state index is -0.376. The van der Waals surface area contributed by atoms with Gasteiger partial charge in [-0.15, -0.1) is 10.2 Å². The third-order valence-corrected chi connectivity index (χ3v) is 5.03. The smallest absolute Gasteiger partial charge is 0.246 e. The van der Waals surface area contributed by atoms with Crippen LogP contribution in [0.3, 0.4) is 0 Å². The van der Waals surface area contributed by atoms with Crippen LogP contribution < -0.4 is 4.74 Å². The van der Waals surface area contributed by atoms with Crippen LogP contribution in [0.1, 0.15) is 30.0 Å². The first-order valence-electron chi connectivity index (χ1n) is 8.84. The molecule has 0 saturated heterocycles.